The van der Waals surface area contributed by atoms with Crippen molar-refractivity contribution in [2.45, 2.75) is 27.3 Å². The van der Waals surface area contributed by atoms with Crippen LogP contribution in [0.1, 0.15) is 17.1 Å². The Bertz CT molecular complexity index is 1040. The fraction of sp³-hybridized carbons (Fsp3) is 0.278. The number of para-hydroxylation sites is 1. The highest BCUT2D eigenvalue weighted by Crippen LogP contribution is 2.28. The van der Waals surface area contributed by atoms with E-state index in [0.29, 0.717) is 6.54 Å². The van der Waals surface area contributed by atoms with E-state index >= 15 is 0 Å². The van der Waals surface area contributed by atoms with E-state index in [1.807, 2.05) is 60.5 Å². The Balaban J connectivity index is 1.89. The van der Waals surface area contributed by atoms with Crippen LogP contribution >= 0.6 is 0 Å². The van der Waals surface area contributed by atoms with Crippen molar-refractivity contribution in [3.63, 3.8) is 0 Å². The molecule has 7 heteroatoms. The quantitative estimate of drug-likeness (QED) is 0.600. The number of hydrogen-bond acceptors (Lipinski definition) is 4. The normalized spacial score (nSPS) is 11.5. The predicted octanol–water partition coefficient (Wildman–Crippen LogP) is 2.53. The monoisotopic (exact) mass is 336 g/mol. The summed E-state index contributed by atoms with van der Waals surface area (Å²) in [5.74, 6) is 0.777. The molecule has 0 aliphatic carbocycles. The number of hydrogen-bond donors (Lipinski definition) is 2. The Morgan fingerprint density at radius 2 is 1.80 bits per heavy atom. The molecule has 128 valence electrons. The lowest BCUT2D eigenvalue weighted by atomic mass is 10.2. The van der Waals surface area contributed by atoms with Crippen LogP contribution in [0.15, 0.2) is 30.3 Å². The number of aliphatic hydroxyl groups excluding tert-OH is 1. The van der Waals surface area contributed by atoms with Crippen LogP contribution in [0.2, 0.25) is 0 Å². The van der Waals surface area contributed by atoms with Crippen LogP contribution < -0.4 is 0 Å². The van der Waals surface area contributed by atoms with E-state index in [1.165, 1.54) is 0 Å². The zero-order valence-corrected chi connectivity index (χ0v) is 14.5. The van der Waals surface area contributed by atoms with Crippen molar-refractivity contribution in [2.24, 2.45) is 0 Å². The molecule has 0 aliphatic rings. The van der Waals surface area contributed by atoms with Crippen LogP contribution in [-0.2, 0) is 6.54 Å². The first-order valence-electron chi connectivity index (χ1n) is 8.26. The van der Waals surface area contributed by atoms with Crippen LogP contribution in [0.4, 0.5) is 0 Å². The maximum atomic E-state index is 9.20. The summed E-state index contributed by atoms with van der Waals surface area (Å²) in [6, 6.07) is 9.97. The molecule has 0 spiro atoms. The number of aryl methyl sites for hydroxylation is 2. The highest BCUT2D eigenvalue weighted by Gasteiger charge is 2.20. The van der Waals surface area contributed by atoms with Crippen LogP contribution in [-0.4, -0.2) is 41.2 Å². The fourth-order valence-corrected chi connectivity index (χ4v) is 3.24. The van der Waals surface area contributed by atoms with E-state index in [2.05, 4.69) is 15.2 Å². The summed E-state index contributed by atoms with van der Waals surface area (Å²) >= 11 is 0. The van der Waals surface area contributed by atoms with E-state index in [4.69, 9.17) is 4.98 Å². The van der Waals surface area contributed by atoms with Crippen LogP contribution in [0.3, 0.4) is 0 Å². The summed E-state index contributed by atoms with van der Waals surface area (Å²) in [4.78, 5) is 8.20. The summed E-state index contributed by atoms with van der Waals surface area (Å²) < 4.78 is 3.67. The average molecular weight is 336 g/mol. The summed E-state index contributed by atoms with van der Waals surface area (Å²) in [6.07, 6.45) is 0. The van der Waals surface area contributed by atoms with Crippen LogP contribution in [0.25, 0.3) is 28.2 Å². The molecular weight excluding hydrogens is 316 g/mol. The Labute approximate surface area is 144 Å². The summed E-state index contributed by atoms with van der Waals surface area (Å²) in [7, 11) is 0. The van der Waals surface area contributed by atoms with Gasteiger partial charge in [-0.3, -0.25) is 4.68 Å². The maximum Gasteiger partial charge on any atom is 0.181 e. The summed E-state index contributed by atoms with van der Waals surface area (Å²) in [5, 5.41) is 18.3. The van der Waals surface area contributed by atoms with Gasteiger partial charge in [0, 0.05) is 5.69 Å². The Morgan fingerprint density at radius 1 is 1.04 bits per heavy atom. The van der Waals surface area contributed by atoms with Crippen molar-refractivity contribution >= 4 is 11.2 Å². The van der Waals surface area contributed by atoms with Crippen molar-refractivity contribution < 1.29 is 5.11 Å². The van der Waals surface area contributed by atoms with Gasteiger partial charge in [-0.05, 0) is 32.9 Å². The largest absolute Gasteiger partial charge is 0.394 e. The number of nitrogens with zero attached hydrogens (tertiary/aromatic N) is 5. The van der Waals surface area contributed by atoms with Crippen molar-refractivity contribution in [2.75, 3.05) is 6.61 Å². The third-order valence-corrected chi connectivity index (χ3v) is 4.43. The molecule has 0 bridgehead atoms. The van der Waals surface area contributed by atoms with E-state index in [-0.39, 0.29) is 6.61 Å². The smallest absolute Gasteiger partial charge is 0.181 e. The van der Waals surface area contributed by atoms with Crippen LogP contribution in [0.5, 0.6) is 0 Å². The zero-order chi connectivity index (χ0) is 17.6. The number of aliphatic hydroxyl groups is 1. The number of aromatic nitrogens is 6. The molecule has 2 N–H and O–H groups in total. The summed E-state index contributed by atoms with van der Waals surface area (Å²) in [5.41, 5.74) is 6.45. The van der Waals surface area contributed by atoms with Gasteiger partial charge in [-0.2, -0.15) is 10.2 Å². The highest BCUT2D eigenvalue weighted by atomic mass is 16.3. The minimum atomic E-state index is 0.0591. The first-order chi connectivity index (χ1) is 12.1. The molecule has 0 aliphatic heterocycles. The van der Waals surface area contributed by atoms with Gasteiger partial charge in [0.2, 0.25) is 0 Å². The molecule has 4 rings (SSSR count). The van der Waals surface area contributed by atoms with E-state index in [0.717, 1.165) is 45.3 Å². The van der Waals surface area contributed by atoms with Gasteiger partial charge >= 0.3 is 0 Å². The topological polar surface area (TPSA) is 84.5 Å². The number of fused-ring (bicyclic) bond motifs is 1. The van der Waals surface area contributed by atoms with Crippen molar-refractivity contribution in [1.82, 2.24) is 29.5 Å². The van der Waals surface area contributed by atoms with Crippen LogP contribution in [0, 0.1) is 20.8 Å². The molecule has 0 atom stereocenters. The van der Waals surface area contributed by atoms with Gasteiger partial charge in [0.15, 0.2) is 5.65 Å². The zero-order valence-electron chi connectivity index (χ0n) is 14.5. The minimum Gasteiger partial charge on any atom is -0.394 e. The minimum absolute atomic E-state index is 0.0591. The van der Waals surface area contributed by atoms with Crippen molar-refractivity contribution in [1.29, 1.82) is 0 Å². The maximum absolute atomic E-state index is 9.20. The second kappa shape index (κ2) is 5.86. The third-order valence-electron chi connectivity index (χ3n) is 4.43. The van der Waals surface area contributed by atoms with E-state index in [9.17, 15) is 5.11 Å². The average Bonchev–Trinajstić information content (AvgIpc) is 3.23. The van der Waals surface area contributed by atoms with Crippen molar-refractivity contribution in [3.8, 4) is 17.1 Å². The molecule has 25 heavy (non-hydrogen) atoms. The molecule has 3 heterocycles. The fourth-order valence-electron chi connectivity index (χ4n) is 3.24. The molecule has 0 radical (unpaired) electrons. The number of H-pyrrole nitrogens is 1. The van der Waals surface area contributed by atoms with Gasteiger partial charge in [0.05, 0.1) is 35.8 Å². The second-order valence-electron chi connectivity index (χ2n) is 6.11. The summed E-state index contributed by atoms with van der Waals surface area (Å²) in [6.45, 7) is 6.46. The highest BCUT2D eigenvalue weighted by molar-refractivity contribution is 5.81. The Hall–Kier alpha value is -2.93. The first-order valence-corrected chi connectivity index (χ1v) is 8.26. The standard InChI is InChI=1S/C18H20N6O/c1-11-15(13(3)23(21-11)9-10-25)17-19-16-12(2)22-24(18(16)20-17)14-7-5-4-6-8-14/h4-8,25H,9-10H2,1-3H3,(H,19,20). The molecule has 1 aromatic carbocycles. The Morgan fingerprint density at radius 3 is 2.52 bits per heavy atom. The lowest BCUT2D eigenvalue weighted by Crippen LogP contribution is -2.05. The molecule has 0 amide bonds. The Kier molecular flexibility index (Phi) is 3.65. The molecule has 3 aromatic heterocycles. The van der Waals surface area contributed by atoms with Gasteiger partial charge < -0.3 is 10.1 Å². The lowest BCUT2D eigenvalue weighted by Gasteiger charge is -2.02. The number of imidazole rings is 1. The second-order valence-corrected chi connectivity index (χ2v) is 6.11. The molecule has 7 nitrogen and oxygen atoms in total. The number of benzene rings is 1. The van der Waals surface area contributed by atoms with Gasteiger partial charge in [0.25, 0.3) is 0 Å². The van der Waals surface area contributed by atoms with E-state index < -0.39 is 0 Å². The van der Waals surface area contributed by atoms with Gasteiger partial charge in [-0.15, -0.1) is 0 Å². The molecule has 4 aromatic rings. The molecule has 0 saturated carbocycles. The number of nitrogens with one attached hydrogen (secondary N) is 1. The molecule has 0 saturated heterocycles. The first kappa shape index (κ1) is 15.6. The van der Waals surface area contributed by atoms with E-state index in [1.54, 1.807) is 0 Å². The van der Waals surface area contributed by atoms with Gasteiger partial charge in [-0.25, -0.2) is 9.67 Å². The molecular formula is C18H20N6O. The van der Waals surface area contributed by atoms with Crippen molar-refractivity contribution in [3.05, 3.63) is 47.4 Å². The third kappa shape index (κ3) is 2.44. The number of aromatic amines is 1. The molecule has 0 fully saturated rings. The molecule has 0 unspecified atom stereocenters. The number of rotatable bonds is 4. The predicted molar refractivity (Wildman–Crippen MR) is 95.7 cm³/mol. The van der Waals surface area contributed by atoms with Gasteiger partial charge in [0.1, 0.15) is 11.3 Å². The SMILES string of the molecule is Cc1nn(CCO)c(C)c1-c1nc2c([nH]1)c(C)nn2-c1ccccc1. The lowest BCUT2D eigenvalue weighted by molar-refractivity contribution is 0.268. The van der Waals surface area contributed by atoms with Gasteiger partial charge in [-0.1, -0.05) is 18.2 Å².